The molecule has 0 bridgehead atoms. The predicted molar refractivity (Wildman–Crippen MR) is 167 cm³/mol. The van der Waals surface area contributed by atoms with Gasteiger partial charge in [-0.1, -0.05) is 38.1 Å². The lowest BCUT2D eigenvalue weighted by atomic mass is 10.0. The van der Waals surface area contributed by atoms with Crippen molar-refractivity contribution in [1.29, 1.82) is 0 Å². The van der Waals surface area contributed by atoms with Crippen LogP contribution in [0.2, 0.25) is 0 Å². The van der Waals surface area contributed by atoms with E-state index in [-0.39, 0.29) is 25.1 Å². The van der Waals surface area contributed by atoms with Gasteiger partial charge in [0.25, 0.3) is 5.56 Å². The number of allylic oxidation sites excluding steroid dienone is 1. The number of hydrogen-bond donors (Lipinski definition) is 3. The van der Waals surface area contributed by atoms with Crippen molar-refractivity contribution in [1.82, 2.24) is 14.5 Å². The first-order valence-corrected chi connectivity index (χ1v) is 14.4. The Kier molecular flexibility index (Phi) is 11.1. The fourth-order valence-electron chi connectivity index (χ4n) is 4.71. The Labute approximate surface area is 256 Å². The number of nitrogens with two attached hydrogens (primary N) is 1. The van der Waals surface area contributed by atoms with Gasteiger partial charge in [0, 0.05) is 11.6 Å². The molecule has 0 saturated carbocycles. The van der Waals surface area contributed by atoms with E-state index in [2.05, 4.69) is 29.2 Å². The molecule has 0 aliphatic carbocycles. The molecule has 2 aromatic heterocycles. The Morgan fingerprint density at radius 3 is 2.45 bits per heavy atom. The predicted octanol–water partition coefficient (Wildman–Crippen LogP) is 4.32. The Balaban J connectivity index is 1.97. The molecule has 0 aliphatic rings. The number of benzene rings is 1. The number of fused-ring (bicyclic) bond motifs is 1. The summed E-state index contributed by atoms with van der Waals surface area (Å²) in [4.78, 5) is 63.0. The van der Waals surface area contributed by atoms with Gasteiger partial charge in [0.2, 0.25) is 11.8 Å². The van der Waals surface area contributed by atoms with Gasteiger partial charge in [0.1, 0.15) is 17.3 Å². The van der Waals surface area contributed by atoms with Gasteiger partial charge in [0.05, 0.1) is 24.9 Å². The molecule has 12 heteroatoms. The average molecular weight is 608 g/mol. The van der Waals surface area contributed by atoms with Crippen molar-refractivity contribution in [3.63, 3.8) is 0 Å². The fourth-order valence-corrected chi connectivity index (χ4v) is 4.71. The molecule has 0 unspecified atom stereocenters. The van der Waals surface area contributed by atoms with Gasteiger partial charge >= 0.3 is 12.2 Å². The molecule has 12 nitrogen and oxygen atoms in total. The SMILES string of the molecule is COC(=O)N[C@@H](CC/C=C/C(N)=O)C(=O)Nc1cccn(Cc2cc3cccc(CC(C)C)c3n2C(=O)OC(C)(C)C)c1=O. The summed E-state index contributed by atoms with van der Waals surface area (Å²) in [7, 11) is 1.16. The van der Waals surface area contributed by atoms with Crippen molar-refractivity contribution < 1.29 is 28.7 Å². The number of anilines is 1. The second-order valence-corrected chi connectivity index (χ2v) is 11.8. The highest BCUT2D eigenvalue weighted by Gasteiger charge is 2.25. The maximum Gasteiger partial charge on any atom is 0.419 e. The molecular formula is C32H41N5O7. The third-order valence-corrected chi connectivity index (χ3v) is 6.50. The molecule has 1 aromatic carbocycles. The number of para-hydroxylation sites is 1. The number of hydrogen-bond acceptors (Lipinski definition) is 7. The number of nitrogens with one attached hydrogen (secondary N) is 2. The normalized spacial score (nSPS) is 12.3. The zero-order chi connectivity index (χ0) is 32.6. The molecule has 4 N–H and O–H groups in total. The molecule has 0 fully saturated rings. The van der Waals surface area contributed by atoms with Gasteiger partial charge in [-0.15, -0.1) is 0 Å². The van der Waals surface area contributed by atoms with E-state index in [0.717, 1.165) is 36.1 Å². The first-order valence-electron chi connectivity index (χ1n) is 14.4. The number of methoxy groups -OCH3 is 1. The number of primary amides is 1. The first kappa shape index (κ1) is 33.6. The highest BCUT2D eigenvalue weighted by atomic mass is 16.6. The van der Waals surface area contributed by atoms with E-state index in [4.69, 9.17) is 10.5 Å². The van der Waals surface area contributed by atoms with Crippen molar-refractivity contribution in [3.05, 3.63) is 76.4 Å². The van der Waals surface area contributed by atoms with Crippen LogP contribution < -0.4 is 21.9 Å². The summed E-state index contributed by atoms with van der Waals surface area (Å²) in [5, 5.41) is 5.86. The molecule has 0 aliphatic heterocycles. The second-order valence-electron chi connectivity index (χ2n) is 11.8. The van der Waals surface area contributed by atoms with Crippen molar-refractivity contribution in [2.75, 3.05) is 12.4 Å². The molecule has 3 rings (SSSR count). The average Bonchev–Trinajstić information content (AvgIpc) is 3.30. The zero-order valence-corrected chi connectivity index (χ0v) is 26.0. The van der Waals surface area contributed by atoms with Gasteiger partial charge < -0.3 is 30.4 Å². The number of amides is 3. The van der Waals surface area contributed by atoms with Crippen LogP contribution >= 0.6 is 0 Å². The van der Waals surface area contributed by atoms with E-state index in [1.54, 1.807) is 33.0 Å². The van der Waals surface area contributed by atoms with Crippen LogP contribution in [0.4, 0.5) is 15.3 Å². The number of ether oxygens (including phenoxy) is 2. The first-order chi connectivity index (χ1) is 20.7. The Morgan fingerprint density at radius 2 is 1.82 bits per heavy atom. The molecular weight excluding hydrogens is 566 g/mol. The molecule has 0 radical (unpaired) electrons. The summed E-state index contributed by atoms with van der Waals surface area (Å²) in [6.45, 7) is 9.58. The molecule has 0 saturated heterocycles. The van der Waals surface area contributed by atoms with E-state index >= 15 is 0 Å². The summed E-state index contributed by atoms with van der Waals surface area (Å²) >= 11 is 0. The van der Waals surface area contributed by atoms with E-state index in [1.165, 1.54) is 21.3 Å². The number of alkyl carbamates (subject to hydrolysis) is 1. The maximum absolute atomic E-state index is 13.5. The molecule has 0 spiro atoms. The van der Waals surface area contributed by atoms with E-state index in [1.807, 2.05) is 24.3 Å². The number of carbonyl (C=O) groups excluding carboxylic acids is 4. The van der Waals surface area contributed by atoms with Crippen LogP contribution in [0.15, 0.2) is 59.5 Å². The summed E-state index contributed by atoms with van der Waals surface area (Å²) in [6, 6.07) is 9.67. The van der Waals surface area contributed by atoms with Crippen LogP contribution in [0, 0.1) is 5.92 Å². The Bertz CT molecular complexity index is 1610. The molecule has 44 heavy (non-hydrogen) atoms. The Hall–Kier alpha value is -4.87. The number of rotatable bonds is 11. The van der Waals surface area contributed by atoms with Gasteiger partial charge in [0.15, 0.2) is 0 Å². The lowest BCUT2D eigenvalue weighted by Gasteiger charge is -2.22. The van der Waals surface area contributed by atoms with Crippen LogP contribution in [0.25, 0.3) is 10.9 Å². The summed E-state index contributed by atoms with van der Waals surface area (Å²) in [6.07, 6.45) is 3.91. The molecule has 2 heterocycles. The molecule has 3 aromatic rings. The minimum absolute atomic E-state index is 0.0132. The smallest absolute Gasteiger partial charge is 0.419 e. The highest BCUT2D eigenvalue weighted by molar-refractivity contribution is 5.96. The largest absolute Gasteiger partial charge is 0.453 e. The van der Waals surface area contributed by atoms with Crippen molar-refractivity contribution in [2.45, 2.75) is 72.1 Å². The highest BCUT2D eigenvalue weighted by Crippen LogP contribution is 2.27. The third-order valence-electron chi connectivity index (χ3n) is 6.50. The van der Waals surface area contributed by atoms with Gasteiger partial charge in [-0.3, -0.25) is 14.4 Å². The third kappa shape index (κ3) is 9.06. The number of carbonyl (C=O) groups is 4. The second kappa shape index (κ2) is 14.5. The number of nitrogens with zero attached hydrogens (tertiary/aromatic N) is 2. The van der Waals surface area contributed by atoms with Gasteiger partial charge in [-0.2, -0.15) is 0 Å². The number of pyridine rings is 1. The molecule has 1 atom stereocenters. The summed E-state index contributed by atoms with van der Waals surface area (Å²) < 4.78 is 13.3. The van der Waals surface area contributed by atoms with Crippen LogP contribution in [-0.4, -0.2) is 51.9 Å². The summed E-state index contributed by atoms with van der Waals surface area (Å²) in [5.74, 6) is -0.955. The lowest BCUT2D eigenvalue weighted by molar-refractivity contribution is -0.118. The van der Waals surface area contributed by atoms with E-state index in [0.29, 0.717) is 11.6 Å². The summed E-state index contributed by atoms with van der Waals surface area (Å²) in [5.41, 5.74) is 6.05. The van der Waals surface area contributed by atoms with Gasteiger partial charge in [-0.25, -0.2) is 14.2 Å². The zero-order valence-electron chi connectivity index (χ0n) is 26.0. The van der Waals surface area contributed by atoms with Crippen LogP contribution in [-0.2, 0) is 32.0 Å². The van der Waals surface area contributed by atoms with Crippen LogP contribution in [0.3, 0.4) is 0 Å². The quantitative estimate of drug-likeness (QED) is 0.273. The molecule has 236 valence electrons. The monoisotopic (exact) mass is 607 g/mol. The van der Waals surface area contributed by atoms with Crippen molar-refractivity contribution in [3.8, 4) is 0 Å². The van der Waals surface area contributed by atoms with E-state index in [9.17, 15) is 24.0 Å². The van der Waals surface area contributed by atoms with Crippen LogP contribution in [0.5, 0.6) is 0 Å². The van der Waals surface area contributed by atoms with Crippen molar-refractivity contribution >= 4 is 40.6 Å². The van der Waals surface area contributed by atoms with E-state index < -0.39 is 41.2 Å². The minimum Gasteiger partial charge on any atom is -0.453 e. The Morgan fingerprint density at radius 1 is 1.09 bits per heavy atom. The number of aromatic nitrogens is 2. The molecule has 3 amide bonds. The fraction of sp³-hybridized carbons (Fsp3) is 0.406. The van der Waals surface area contributed by atoms with Crippen LogP contribution in [0.1, 0.15) is 58.7 Å². The lowest BCUT2D eigenvalue weighted by Crippen LogP contribution is -2.44. The van der Waals surface area contributed by atoms with Gasteiger partial charge in [-0.05, 0) is 75.8 Å². The topological polar surface area (TPSA) is 164 Å². The minimum atomic E-state index is -1.07. The standard InChI is InChI=1S/C32H41N5O7/c1-20(2)17-21-11-9-12-22-18-23(37(27(21)22)31(42)44-32(3,4)5)19-36-16-10-14-25(29(36)40)34-28(39)24(35-30(41)43-6)13-7-8-15-26(33)38/h8-12,14-16,18,20,24H,7,13,17,19H2,1-6H3,(H2,33,38)(H,34,39)(H,35,41)/b15-8+/t24-/m0/s1. The van der Waals surface area contributed by atoms with Crippen molar-refractivity contribution in [2.24, 2.45) is 11.7 Å². The maximum atomic E-state index is 13.5.